The fourth-order valence-electron chi connectivity index (χ4n) is 5.33. The molecule has 1 aromatic heterocycles. The number of benzene rings is 3. The van der Waals surface area contributed by atoms with E-state index in [1.807, 2.05) is 30.3 Å². The lowest BCUT2D eigenvalue weighted by molar-refractivity contribution is -0.139. The van der Waals surface area contributed by atoms with Gasteiger partial charge < -0.3 is 19.1 Å². The van der Waals surface area contributed by atoms with Crippen LogP contribution in [0.2, 0.25) is 0 Å². The Morgan fingerprint density at radius 3 is 2.57 bits per heavy atom. The highest BCUT2D eigenvalue weighted by molar-refractivity contribution is 7.99. The van der Waals surface area contributed by atoms with Gasteiger partial charge in [0, 0.05) is 28.5 Å². The van der Waals surface area contributed by atoms with Crippen molar-refractivity contribution in [3.63, 3.8) is 0 Å². The van der Waals surface area contributed by atoms with Crippen molar-refractivity contribution in [1.82, 2.24) is 4.57 Å². The van der Waals surface area contributed by atoms with Crippen molar-refractivity contribution < 1.29 is 19.0 Å². The van der Waals surface area contributed by atoms with Crippen molar-refractivity contribution in [3.05, 3.63) is 103 Å². The topological polar surface area (TPSA) is 82.4 Å². The lowest BCUT2D eigenvalue weighted by Crippen LogP contribution is -2.40. The second-order valence-corrected chi connectivity index (χ2v) is 11.9. The molecule has 1 atom stereocenters. The van der Waals surface area contributed by atoms with Gasteiger partial charge in [-0.1, -0.05) is 41.3 Å². The van der Waals surface area contributed by atoms with Gasteiger partial charge in [-0.2, -0.15) is 0 Å². The zero-order valence-electron chi connectivity index (χ0n) is 23.8. The van der Waals surface area contributed by atoms with Crippen molar-refractivity contribution in [1.29, 1.82) is 0 Å². The molecule has 0 unspecified atom stereocenters. The highest BCUT2D eigenvalue weighted by Crippen LogP contribution is 2.47. The van der Waals surface area contributed by atoms with Crippen molar-refractivity contribution in [2.75, 3.05) is 32.8 Å². The molecule has 0 bridgehead atoms. The van der Waals surface area contributed by atoms with E-state index in [0.717, 1.165) is 21.8 Å². The molecule has 0 saturated heterocycles. The molecule has 4 aromatic rings. The number of para-hydroxylation sites is 1. The summed E-state index contributed by atoms with van der Waals surface area (Å²) in [5.41, 5.74) is 4.36. The van der Waals surface area contributed by atoms with E-state index in [9.17, 15) is 9.59 Å². The van der Waals surface area contributed by atoms with E-state index in [4.69, 9.17) is 14.2 Å². The smallest absolute Gasteiger partial charge is 0.338 e. The Morgan fingerprint density at radius 2 is 1.81 bits per heavy atom. The number of ether oxygens (including phenoxy) is 3. The number of fused-ring (bicyclic) bond motifs is 3. The molecule has 8 nitrogen and oxygen atoms in total. The zero-order chi connectivity index (χ0) is 29.5. The molecule has 0 saturated carbocycles. The summed E-state index contributed by atoms with van der Waals surface area (Å²) in [5.74, 6) is 0.563. The van der Waals surface area contributed by atoms with Crippen molar-refractivity contribution >= 4 is 46.5 Å². The Kier molecular flexibility index (Phi) is 7.42. The molecule has 2 aliphatic rings. The van der Waals surface area contributed by atoms with Crippen LogP contribution in [0.5, 0.6) is 11.5 Å². The number of hydrogen-bond donors (Lipinski definition) is 0. The molecular weight excluding hydrogens is 571 g/mol. The summed E-state index contributed by atoms with van der Waals surface area (Å²) in [7, 11) is 5.18. The molecule has 10 heteroatoms. The Balaban J connectivity index is 1.50. The van der Waals surface area contributed by atoms with Crippen molar-refractivity contribution in [2.45, 2.75) is 29.7 Å². The third-order valence-electron chi connectivity index (χ3n) is 7.34. The largest absolute Gasteiger partial charge is 0.497 e. The van der Waals surface area contributed by atoms with Gasteiger partial charge in [0.1, 0.15) is 17.5 Å². The third kappa shape index (κ3) is 4.70. The predicted octanol–water partition coefficient (Wildman–Crippen LogP) is 5.05. The van der Waals surface area contributed by atoms with Gasteiger partial charge in [-0.05, 0) is 61.9 Å². The monoisotopic (exact) mass is 599 g/mol. The Labute approximate surface area is 251 Å². The van der Waals surface area contributed by atoms with E-state index < -0.39 is 12.0 Å². The lowest BCUT2D eigenvalue weighted by Gasteiger charge is -2.29. The van der Waals surface area contributed by atoms with Crippen LogP contribution >= 0.6 is 23.1 Å². The maximum atomic E-state index is 14.1. The van der Waals surface area contributed by atoms with E-state index in [-0.39, 0.29) is 12.2 Å². The quantitative estimate of drug-likeness (QED) is 0.287. The number of rotatable bonds is 6. The molecule has 0 spiro atoms. The van der Waals surface area contributed by atoms with E-state index in [1.54, 1.807) is 56.5 Å². The van der Waals surface area contributed by atoms with Crippen LogP contribution in [-0.2, 0) is 9.53 Å². The second-order valence-electron chi connectivity index (χ2n) is 9.77. The maximum Gasteiger partial charge on any atom is 0.338 e. The number of methoxy groups -OCH3 is 2. The van der Waals surface area contributed by atoms with Crippen LogP contribution in [0.4, 0.5) is 11.4 Å². The number of hydrogen-bond acceptors (Lipinski definition) is 9. The average Bonchev–Trinajstić information content (AvgIpc) is 3.30. The summed E-state index contributed by atoms with van der Waals surface area (Å²) in [5, 5.41) is 0. The van der Waals surface area contributed by atoms with Crippen molar-refractivity contribution in [2.24, 2.45) is 4.99 Å². The molecule has 214 valence electrons. The fourth-order valence-corrected chi connectivity index (χ4v) is 7.57. The van der Waals surface area contributed by atoms with Gasteiger partial charge in [0.25, 0.3) is 5.56 Å². The summed E-state index contributed by atoms with van der Waals surface area (Å²) in [6.07, 6.45) is 1.89. The molecule has 42 heavy (non-hydrogen) atoms. The van der Waals surface area contributed by atoms with Crippen LogP contribution in [0.15, 0.2) is 91.5 Å². The Bertz CT molecular complexity index is 1940. The first kappa shape index (κ1) is 27.9. The van der Waals surface area contributed by atoms with Crippen LogP contribution < -0.4 is 29.3 Å². The summed E-state index contributed by atoms with van der Waals surface area (Å²) < 4.78 is 18.6. The molecule has 0 aliphatic carbocycles. The highest BCUT2D eigenvalue weighted by atomic mass is 32.2. The molecule has 0 radical (unpaired) electrons. The molecule has 2 aliphatic heterocycles. The van der Waals surface area contributed by atoms with Gasteiger partial charge in [-0.25, -0.2) is 9.79 Å². The number of aromatic nitrogens is 1. The first-order valence-electron chi connectivity index (χ1n) is 13.4. The van der Waals surface area contributed by atoms with E-state index >= 15 is 0 Å². The van der Waals surface area contributed by atoms with Gasteiger partial charge in [-0.3, -0.25) is 9.36 Å². The minimum Gasteiger partial charge on any atom is -0.497 e. The fraction of sp³-hybridized carbons (Fsp3) is 0.219. The summed E-state index contributed by atoms with van der Waals surface area (Å²) >= 11 is 3.01. The average molecular weight is 600 g/mol. The van der Waals surface area contributed by atoms with Gasteiger partial charge in [0.15, 0.2) is 4.80 Å². The zero-order valence-corrected chi connectivity index (χ0v) is 25.5. The van der Waals surface area contributed by atoms with Gasteiger partial charge in [-0.15, -0.1) is 0 Å². The first-order chi connectivity index (χ1) is 20.3. The van der Waals surface area contributed by atoms with E-state index in [0.29, 0.717) is 37.7 Å². The standard InChI is InChI=1S/C32H29N3O5S2/c1-6-40-31(37)28-18(2)33-32-35(29(28)21-13-12-20(38-4)17-24(21)39-5)30(36)27(42-32)16-19-11-14-23-26(15-19)41-25-10-8-7-9-22(25)34(23)3/h7-17,29H,6H2,1-5H3/b27-16+/t29-/m1/s1. The number of carbonyl (C=O) groups excluding carboxylic acids is 1. The van der Waals surface area contributed by atoms with Gasteiger partial charge >= 0.3 is 5.97 Å². The van der Waals surface area contributed by atoms with Crippen LogP contribution in [0, 0.1) is 0 Å². The van der Waals surface area contributed by atoms with Crippen LogP contribution in [0.1, 0.15) is 31.0 Å². The van der Waals surface area contributed by atoms with E-state index in [2.05, 4.69) is 41.2 Å². The minimum atomic E-state index is -0.785. The number of carbonyl (C=O) groups is 1. The molecule has 0 amide bonds. The van der Waals surface area contributed by atoms with E-state index in [1.165, 1.54) is 16.2 Å². The van der Waals surface area contributed by atoms with Crippen molar-refractivity contribution in [3.8, 4) is 11.5 Å². The van der Waals surface area contributed by atoms with Crippen LogP contribution in [-0.4, -0.2) is 38.4 Å². The maximum absolute atomic E-state index is 14.1. The second kappa shape index (κ2) is 11.2. The number of nitrogens with zero attached hydrogens (tertiary/aromatic N) is 3. The molecule has 3 aromatic carbocycles. The summed E-state index contributed by atoms with van der Waals surface area (Å²) in [6.45, 7) is 3.71. The molecule has 0 fully saturated rings. The molecule has 3 heterocycles. The first-order valence-corrected chi connectivity index (χ1v) is 15.0. The summed E-state index contributed by atoms with van der Waals surface area (Å²) in [6, 6.07) is 19.0. The van der Waals surface area contributed by atoms with Crippen LogP contribution in [0.3, 0.4) is 0 Å². The third-order valence-corrected chi connectivity index (χ3v) is 9.44. The Morgan fingerprint density at radius 1 is 1.02 bits per heavy atom. The normalized spacial score (nSPS) is 15.9. The number of anilines is 2. The number of allylic oxidation sites excluding steroid dienone is 1. The lowest BCUT2D eigenvalue weighted by atomic mass is 9.95. The number of thiazole rings is 1. The van der Waals surface area contributed by atoms with Gasteiger partial charge in [0.2, 0.25) is 0 Å². The number of esters is 1. The molecule has 0 N–H and O–H groups in total. The van der Waals surface area contributed by atoms with Gasteiger partial charge in [0.05, 0.1) is 48.0 Å². The Hall–Kier alpha value is -4.28. The minimum absolute atomic E-state index is 0.197. The summed E-state index contributed by atoms with van der Waals surface area (Å²) in [4.78, 5) is 37.0. The molecule has 6 rings (SSSR count). The highest BCUT2D eigenvalue weighted by Gasteiger charge is 2.35. The predicted molar refractivity (Wildman–Crippen MR) is 165 cm³/mol. The SMILES string of the molecule is CCOC(=O)C1=C(C)N=c2s/c(=C/c3ccc4c(c3)Sc3ccccc3N4C)c(=O)n2[C@@H]1c1ccc(OC)cc1OC. The van der Waals surface area contributed by atoms with Crippen LogP contribution in [0.25, 0.3) is 6.08 Å². The molecular formula is C32H29N3O5S2.